The normalized spacial score (nSPS) is 19.5. The minimum absolute atomic E-state index is 0.0896. The summed E-state index contributed by atoms with van der Waals surface area (Å²) in [7, 11) is 0. The summed E-state index contributed by atoms with van der Waals surface area (Å²) in [5, 5.41) is 9.29. The number of nitrogens with one attached hydrogen (secondary N) is 1. The summed E-state index contributed by atoms with van der Waals surface area (Å²) in [4.78, 5) is 13.3. The lowest BCUT2D eigenvalue weighted by atomic mass is 9.90. The molecule has 35 heavy (non-hydrogen) atoms. The molecule has 178 valence electrons. The van der Waals surface area contributed by atoms with E-state index >= 15 is 0 Å². The molecule has 3 aromatic carbocycles. The molecule has 3 heterocycles. The van der Waals surface area contributed by atoms with Crippen LogP contribution in [-0.2, 0) is 6.42 Å². The highest BCUT2D eigenvalue weighted by molar-refractivity contribution is 6.07. The second-order valence-corrected chi connectivity index (χ2v) is 9.68. The van der Waals surface area contributed by atoms with Gasteiger partial charge in [0, 0.05) is 23.6 Å². The van der Waals surface area contributed by atoms with E-state index in [1.165, 1.54) is 5.01 Å². The van der Waals surface area contributed by atoms with E-state index in [1.807, 2.05) is 66.7 Å². The number of urea groups is 1. The van der Waals surface area contributed by atoms with Crippen LogP contribution in [0.25, 0.3) is 0 Å². The lowest BCUT2D eigenvalue weighted by Crippen LogP contribution is -2.30. The number of nitrogens with zero attached hydrogens (tertiary/aromatic N) is 2. The summed E-state index contributed by atoms with van der Waals surface area (Å²) in [5.41, 5.74) is 4.46. The van der Waals surface area contributed by atoms with Crippen molar-refractivity contribution in [1.82, 2.24) is 5.01 Å². The number of hydrazone groups is 1. The Morgan fingerprint density at radius 1 is 0.971 bits per heavy atom. The SMILES string of the molecule is CC1(C)Cc2cc(NC(=O)N3CC(c4ccc5c(c4)OCCO5)C(c4ccccc4)=N3)ccc2O1. The molecule has 3 aromatic rings. The van der Waals surface area contributed by atoms with Gasteiger partial charge in [-0.05, 0) is 55.3 Å². The van der Waals surface area contributed by atoms with Gasteiger partial charge in [-0.2, -0.15) is 5.10 Å². The summed E-state index contributed by atoms with van der Waals surface area (Å²) in [6.45, 7) is 5.63. The third kappa shape index (κ3) is 4.18. The van der Waals surface area contributed by atoms with Crippen molar-refractivity contribution in [3.8, 4) is 17.2 Å². The lowest BCUT2D eigenvalue weighted by Gasteiger charge is -2.21. The summed E-state index contributed by atoms with van der Waals surface area (Å²) in [6.07, 6.45) is 0.804. The maximum atomic E-state index is 13.3. The number of carbonyl (C=O) groups is 1. The van der Waals surface area contributed by atoms with E-state index in [4.69, 9.17) is 19.3 Å². The quantitative estimate of drug-likeness (QED) is 0.572. The van der Waals surface area contributed by atoms with Crippen molar-refractivity contribution in [1.29, 1.82) is 0 Å². The number of carbonyl (C=O) groups excluding carboxylic acids is 1. The number of fused-ring (bicyclic) bond motifs is 2. The molecule has 6 rings (SSSR count). The molecule has 1 unspecified atom stereocenters. The Balaban J connectivity index is 1.27. The van der Waals surface area contributed by atoms with Gasteiger partial charge in [-0.15, -0.1) is 0 Å². The Morgan fingerprint density at radius 2 is 1.74 bits per heavy atom. The number of ether oxygens (including phenoxy) is 3. The van der Waals surface area contributed by atoms with E-state index in [9.17, 15) is 4.79 Å². The first-order valence-corrected chi connectivity index (χ1v) is 11.9. The highest BCUT2D eigenvalue weighted by Crippen LogP contribution is 2.38. The highest BCUT2D eigenvalue weighted by Gasteiger charge is 2.34. The summed E-state index contributed by atoms with van der Waals surface area (Å²) >= 11 is 0. The molecule has 0 radical (unpaired) electrons. The van der Waals surface area contributed by atoms with Crippen molar-refractivity contribution in [3.63, 3.8) is 0 Å². The minimum atomic E-state index is -0.267. The molecule has 0 saturated carbocycles. The van der Waals surface area contributed by atoms with Crippen molar-refractivity contribution in [2.24, 2.45) is 5.10 Å². The molecule has 1 atom stereocenters. The monoisotopic (exact) mass is 469 g/mol. The van der Waals surface area contributed by atoms with Crippen LogP contribution in [0.2, 0.25) is 0 Å². The number of rotatable bonds is 3. The fourth-order valence-electron chi connectivity index (χ4n) is 4.91. The first-order chi connectivity index (χ1) is 16.9. The zero-order valence-corrected chi connectivity index (χ0v) is 19.8. The fraction of sp³-hybridized carbons (Fsp3) is 0.286. The molecule has 0 fully saturated rings. The molecule has 7 nitrogen and oxygen atoms in total. The van der Waals surface area contributed by atoms with Gasteiger partial charge in [-0.1, -0.05) is 36.4 Å². The topological polar surface area (TPSA) is 72.4 Å². The van der Waals surface area contributed by atoms with Crippen LogP contribution < -0.4 is 19.5 Å². The molecule has 3 aliphatic heterocycles. The van der Waals surface area contributed by atoms with Crippen LogP contribution in [-0.4, -0.2) is 42.1 Å². The van der Waals surface area contributed by atoms with Gasteiger partial charge in [0.05, 0.1) is 12.3 Å². The third-order valence-corrected chi connectivity index (χ3v) is 6.50. The third-order valence-electron chi connectivity index (χ3n) is 6.50. The average molecular weight is 470 g/mol. The predicted molar refractivity (Wildman–Crippen MR) is 134 cm³/mol. The van der Waals surface area contributed by atoms with Gasteiger partial charge in [-0.25, -0.2) is 9.80 Å². The van der Waals surface area contributed by atoms with Gasteiger partial charge in [0.15, 0.2) is 11.5 Å². The summed E-state index contributed by atoms with van der Waals surface area (Å²) in [6, 6.07) is 21.4. The Bertz CT molecular complexity index is 1320. The second-order valence-electron chi connectivity index (χ2n) is 9.68. The Kier molecular flexibility index (Phi) is 5.13. The van der Waals surface area contributed by atoms with Crippen LogP contribution in [0.15, 0.2) is 71.8 Å². The van der Waals surface area contributed by atoms with E-state index in [1.54, 1.807) is 0 Å². The average Bonchev–Trinajstić information content (AvgIpc) is 3.44. The number of hydrogen-bond donors (Lipinski definition) is 1. The minimum Gasteiger partial charge on any atom is -0.487 e. The molecule has 0 spiro atoms. The van der Waals surface area contributed by atoms with Crippen LogP contribution in [0.4, 0.5) is 10.5 Å². The van der Waals surface area contributed by atoms with Gasteiger partial charge in [0.1, 0.15) is 24.6 Å². The standard InChI is InChI=1S/C28H27N3O4/c1-28(2)16-20-14-21(9-11-23(20)35-28)29-27(32)31-17-22(26(30-31)18-6-4-3-5-7-18)19-8-10-24-25(15-19)34-13-12-33-24/h3-11,14-15,22H,12-13,16-17H2,1-2H3,(H,29,32). The van der Waals surface area contributed by atoms with E-state index in [0.717, 1.165) is 51.8 Å². The van der Waals surface area contributed by atoms with E-state index in [2.05, 4.69) is 19.2 Å². The van der Waals surface area contributed by atoms with Crippen molar-refractivity contribution in [2.75, 3.05) is 25.1 Å². The van der Waals surface area contributed by atoms with Crippen molar-refractivity contribution >= 4 is 17.4 Å². The molecular formula is C28H27N3O4. The Hall–Kier alpha value is -4.00. The molecule has 7 heteroatoms. The van der Waals surface area contributed by atoms with E-state index in [0.29, 0.717) is 19.8 Å². The van der Waals surface area contributed by atoms with Crippen LogP contribution in [0.1, 0.15) is 36.5 Å². The number of benzene rings is 3. The fourth-order valence-corrected chi connectivity index (χ4v) is 4.91. The number of hydrogen-bond acceptors (Lipinski definition) is 5. The Labute approximate surface area is 204 Å². The first kappa shape index (κ1) is 21.5. The van der Waals surface area contributed by atoms with Crippen LogP contribution in [0, 0.1) is 0 Å². The van der Waals surface area contributed by atoms with Crippen molar-refractivity contribution in [2.45, 2.75) is 31.8 Å². The molecule has 0 saturated heterocycles. The first-order valence-electron chi connectivity index (χ1n) is 11.9. The highest BCUT2D eigenvalue weighted by atomic mass is 16.6. The van der Waals surface area contributed by atoms with Gasteiger partial charge in [0.25, 0.3) is 0 Å². The maximum absolute atomic E-state index is 13.3. The van der Waals surface area contributed by atoms with Crippen molar-refractivity contribution < 1.29 is 19.0 Å². The summed E-state index contributed by atoms with van der Waals surface area (Å²) in [5.74, 6) is 2.26. The van der Waals surface area contributed by atoms with Gasteiger partial charge < -0.3 is 19.5 Å². The molecule has 0 aliphatic carbocycles. The Morgan fingerprint density at radius 3 is 2.57 bits per heavy atom. The summed E-state index contributed by atoms with van der Waals surface area (Å²) < 4.78 is 17.4. The zero-order valence-electron chi connectivity index (χ0n) is 19.8. The second kappa shape index (κ2) is 8.34. The van der Waals surface area contributed by atoms with Crippen LogP contribution in [0.3, 0.4) is 0 Å². The zero-order chi connectivity index (χ0) is 24.0. The number of anilines is 1. The predicted octanol–water partition coefficient (Wildman–Crippen LogP) is 5.21. The molecular weight excluding hydrogens is 442 g/mol. The van der Waals surface area contributed by atoms with E-state index < -0.39 is 0 Å². The van der Waals surface area contributed by atoms with Crippen LogP contribution >= 0.6 is 0 Å². The molecule has 3 aliphatic rings. The van der Waals surface area contributed by atoms with Gasteiger partial charge in [-0.3, -0.25) is 0 Å². The smallest absolute Gasteiger partial charge is 0.342 e. The van der Waals surface area contributed by atoms with Gasteiger partial charge in [0.2, 0.25) is 0 Å². The lowest BCUT2D eigenvalue weighted by molar-refractivity contribution is 0.138. The molecule has 2 amide bonds. The molecule has 0 bridgehead atoms. The van der Waals surface area contributed by atoms with E-state index in [-0.39, 0.29) is 17.6 Å². The van der Waals surface area contributed by atoms with Crippen molar-refractivity contribution in [3.05, 3.63) is 83.4 Å². The largest absolute Gasteiger partial charge is 0.487 e. The van der Waals surface area contributed by atoms with Gasteiger partial charge >= 0.3 is 6.03 Å². The molecule has 0 aromatic heterocycles. The maximum Gasteiger partial charge on any atom is 0.342 e. The number of amides is 2. The molecule has 1 N–H and O–H groups in total. The van der Waals surface area contributed by atoms with Crippen LogP contribution in [0.5, 0.6) is 17.2 Å².